The molecule has 0 spiro atoms. The van der Waals surface area contributed by atoms with E-state index in [0.717, 1.165) is 65.7 Å². The van der Waals surface area contributed by atoms with Crippen molar-refractivity contribution in [3.63, 3.8) is 0 Å². The Morgan fingerprint density at radius 1 is 0.390 bits per heavy atom. The van der Waals surface area contributed by atoms with Gasteiger partial charge in [0, 0.05) is 23.3 Å². The SMILES string of the molecule is [2H]c1c([2H])c(-c2cccc(-c3cccc4ccccc34)c2)c([2H])c([2H])c1CN(c1ccc2c(c1)C(C)(C)c1ccccc1-2)c1c([2H])c([2H])c(-c2ccc3c(ccc4ccccc43)c2)c([2H])c1[2H]. The van der Waals surface area contributed by atoms with Crippen LogP contribution in [0.5, 0.6) is 0 Å². The molecule has 0 N–H and O–H groups in total. The Hall–Kier alpha value is -7.22. The van der Waals surface area contributed by atoms with E-state index in [4.69, 9.17) is 0 Å². The second-order valence-corrected chi connectivity index (χ2v) is 15.9. The van der Waals surface area contributed by atoms with Crippen LogP contribution in [0.2, 0.25) is 0 Å². The molecular weight excluding hydrogens is 711 g/mol. The van der Waals surface area contributed by atoms with Crippen molar-refractivity contribution in [2.45, 2.75) is 25.8 Å². The third-order valence-electron chi connectivity index (χ3n) is 12.0. The predicted octanol–water partition coefficient (Wildman–Crippen LogP) is 15.8. The van der Waals surface area contributed by atoms with Crippen molar-refractivity contribution in [1.29, 1.82) is 0 Å². The van der Waals surface area contributed by atoms with E-state index in [1.807, 2.05) is 115 Å². The van der Waals surface area contributed by atoms with Gasteiger partial charge in [-0.05, 0) is 130 Å². The van der Waals surface area contributed by atoms with Crippen LogP contribution < -0.4 is 4.90 Å². The van der Waals surface area contributed by atoms with E-state index in [2.05, 4.69) is 56.3 Å². The molecule has 59 heavy (non-hydrogen) atoms. The third-order valence-corrected chi connectivity index (χ3v) is 12.0. The average molecular weight is 762 g/mol. The van der Waals surface area contributed by atoms with Crippen LogP contribution in [-0.4, -0.2) is 0 Å². The van der Waals surface area contributed by atoms with Crippen molar-refractivity contribution < 1.29 is 11.0 Å². The molecule has 1 heteroatoms. The van der Waals surface area contributed by atoms with Crippen LogP contribution in [0.3, 0.4) is 0 Å². The lowest BCUT2D eigenvalue weighted by atomic mass is 9.82. The summed E-state index contributed by atoms with van der Waals surface area (Å²) in [6.45, 7) is 4.04. The number of benzene rings is 10. The lowest BCUT2D eigenvalue weighted by Crippen LogP contribution is -2.19. The second kappa shape index (κ2) is 14.0. The van der Waals surface area contributed by atoms with E-state index in [1.54, 1.807) is 11.0 Å². The number of rotatable bonds is 7. The fourth-order valence-corrected chi connectivity index (χ4v) is 8.95. The molecule has 0 unspecified atom stereocenters. The molecule has 11 rings (SSSR count). The lowest BCUT2D eigenvalue weighted by molar-refractivity contribution is 0.660. The topological polar surface area (TPSA) is 3.24 Å². The average Bonchev–Trinajstić information content (AvgIpc) is 3.58. The first-order valence-electron chi connectivity index (χ1n) is 24.1. The summed E-state index contributed by atoms with van der Waals surface area (Å²) in [4.78, 5) is 1.64. The Kier molecular flexibility index (Phi) is 6.51. The maximum atomic E-state index is 9.66. The van der Waals surface area contributed by atoms with Gasteiger partial charge >= 0.3 is 0 Å². The van der Waals surface area contributed by atoms with Crippen molar-refractivity contribution in [3.05, 3.63) is 229 Å². The van der Waals surface area contributed by atoms with Gasteiger partial charge in [0.25, 0.3) is 0 Å². The van der Waals surface area contributed by atoms with Gasteiger partial charge in [-0.15, -0.1) is 0 Å². The third kappa shape index (κ3) is 6.10. The predicted molar refractivity (Wildman–Crippen MR) is 252 cm³/mol. The molecule has 10 aromatic rings. The number of nitrogens with zero attached hydrogens (tertiary/aromatic N) is 1. The van der Waals surface area contributed by atoms with Crippen LogP contribution in [0, 0.1) is 0 Å². The van der Waals surface area contributed by atoms with Crippen molar-refractivity contribution in [1.82, 2.24) is 0 Å². The molecule has 1 aliphatic rings. The number of fused-ring (bicyclic) bond motifs is 7. The van der Waals surface area contributed by atoms with Gasteiger partial charge in [-0.3, -0.25) is 0 Å². The first kappa shape index (κ1) is 27.4. The molecule has 280 valence electrons. The number of hydrogen-bond donors (Lipinski definition) is 0. The van der Waals surface area contributed by atoms with E-state index in [9.17, 15) is 11.0 Å². The van der Waals surface area contributed by atoms with E-state index in [1.165, 1.54) is 0 Å². The van der Waals surface area contributed by atoms with Crippen LogP contribution in [0.25, 0.3) is 76.8 Å². The Bertz CT molecular complexity index is 3640. The molecule has 0 heterocycles. The lowest BCUT2D eigenvalue weighted by Gasteiger charge is -2.28. The Morgan fingerprint density at radius 3 is 1.81 bits per heavy atom. The highest BCUT2D eigenvalue weighted by Gasteiger charge is 2.35. The zero-order chi connectivity index (χ0) is 46.5. The number of anilines is 2. The molecule has 10 aromatic carbocycles. The second-order valence-electron chi connectivity index (χ2n) is 15.9. The van der Waals surface area contributed by atoms with Crippen LogP contribution in [0.1, 0.15) is 41.5 Å². The molecule has 0 atom stereocenters. The first-order valence-corrected chi connectivity index (χ1v) is 20.1. The minimum Gasteiger partial charge on any atom is -0.337 e. The van der Waals surface area contributed by atoms with Crippen molar-refractivity contribution in [2.24, 2.45) is 0 Å². The van der Waals surface area contributed by atoms with Crippen LogP contribution in [0.15, 0.2) is 212 Å². The summed E-state index contributed by atoms with van der Waals surface area (Å²) in [6.07, 6.45) is 0. The minimum atomic E-state index is -0.417. The first-order chi connectivity index (χ1) is 32.3. The van der Waals surface area contributed by atoms with Crippen molar-refractivity contribution in [2.75, 3.05) is 4.90 Å². The molecule has 0 radical (unpaired) electrons. The van der Waals surface area contributed by atoms with Crippen molar-refractivity contribution >= 4 is 43.7 Å². The quantitative estimate of drug-likeness (QED) is 0.146. The molecule has 1 aliphatic carbocycles. The molecule has 0 bridgehead atoms. The highest BCUT2D eigenvalue weighted by atomic mass is 15.1. The smallest absolute Gasteiger partial charge is 0.0645 e. The largest absolute Gasteiger partial charge is 0.337 e. The maximum Gasteiger partial charge on any atom is 0.0645 e. The summed E-state index contributed by atoms with van der Waals surface area (Å²) in [7, 11) is 0. The van der Waals surface area contributed by atoms with E-state index < -0.39 is 5.41 Å². The highest BCUT2D eigenvalue weighted by Crippen LogP contribution is 2.50. The Labute approximate surface area is 357 Å². The Morgan fingerprint density at radius 2 is 0.983 bits per heavy atom. The van der Waals surface area contributed by atoms with Gasteiger partial charge in [-0.25, -0.2) is 0 Å². The summed E-state index contributed by atoms with van der Waals surface area (Å²) in [5, 5.41) is 6.24. The zero-order valence-electron chi connectivity index (χ0n) is 40.7. The summed E-state index contributed by atoms with van der Waals surface area (Å²) < 4.78 is 76.2. The van der Waals surface area contributed by atoms with E-state index in [0.29, 0.717) is 16.8 Å². The normalized spacial score (nSPS) is 14.7. The van der Waals surface area contributed by atoms with E-state index in [-0.39, 0.29) is 77.3 Å². The number of hydrogen-bond acceptors (Lipinski definition) is 1. The van der Waals surface area contributed by atoms with Gasteiger partial charge in [0.1, 0.15) is 0 Å². The highest BCUT2D eigenvalue weighted by molar-refractivity contribution is 6.08. The van der Waals surface area contributed by atoms with Crippen LogP contribution >= 0.6 is 0 Å². The molecule has 0 aliphatic heterocycles. The summed E-state index contributed by atoms with van der Waals surface area (Å²) in [6, 6.07) is 51.8. The maximum absolute atomic E-state index is 9.66. The molecular formula is C58H43N. The molecule has 0 aromatic heterocycles. The summed E-state index contributed by atoms with van der Waals surface area (Å²) in [5.74, 6) is 0. The minimum absolute atomic E-state index is 0.0254. The van der Waals surface area contributed by atoms with Gasteiger partial charge in [0.05, 0.1) is 11.0 Å². The van der Waals surface area contributed by atoms with Gasteiger partial charge in [0.2, 0.25) is 0 Å². The van der Waals surface area contributed by atoms with Crippen LogP contribution in [0.4, 0.5) is 11.4 Å². The van der Waals surface area contributed by atoms with Gasteiger partial charge in [-0.1, -0.05) is 190 Å². The summed E-state index contributed by atoms with van der Waals surface area (Å²) in [5.41, 5.74) is 7.78. The monoisotopic (exact) mass is 761 g/mol. The van der Waals surface area contributed by atoms with E-state index >= 15 is 0 Å². The fourth-order valence-electron chi connectivity index (χ4n) is 8.95. The summed E-state index contributed by atoms with van der Waals surface area (Å²) >= 11 is 0. The molecule has 1 nitrogen and oxygen atoms in total. The molecule has 0 amide bonds. The zero-order valence-corrected chi connectivity index (χ0v) is 32.7. The van der Waals surface area contributed by atoms with Gasteiger partial charge in [0.15, 0.2) is 0 Å². The molecule has 0 saturated heterocycles. The van der Waals surface area contributed by atoms with Crippen molar-refractivity contribution in [3.8, 4) is 44.5 Å². The molecule has 0 fully saturated rings. The fraction of sp³-hybridized carbons (Fsp3) is 0.0690. The Balaban J connectivity index is 1.07. The van der Waals surface area contributed by atoms with Gasteiger partial charge < -0.3 is 4.90 Å². The molecule has 0 saturated carbocycles. The standard InChI is InChI=1S/C58H43N/c1-58(2)56-20-8-7-18-54(56)55-34-32-49(37-57(55)58)59(48-30-27-41(28-31-48)45-29-33-53-47(36-45)26-25-43-12-4-6-17-51(43)53)38-39-21-23-40(24-22-39)44-14-9-15-46(35-44)52-19-10-13-42-11-3-5-16-50(42)52/h3-37H,38H2,1-2H3/i21D,22D,23D,24D,27D,28D,30D,31D. The van der Waals surface area contributed by atoms with Crippen LogP contribution in [-0.2, 0) is 12.0 Å². The van der Waals surface area contributed by atoms with Gasteiger partial charge in [-0.2, -0.15) is 0 Å².